The van der Waals surface area contributed by atoms with Crippen LogP contribution in [0.1, 0.15) is 5.56 Å². The second-order valence-electron chi connectivity index (χ2n) is 5.87. The van der Waals surface area contributed by atoms with Gasteiger partial charge < -0.3 is 19.7 Å². The van der Waals surface area contributed by atoms with Crippen molar-refractivity contribution in [2.45, 2.75) is 6.92 Å². The Kier molecular flexibility index (Phi) is 5.94. The number of hydrogen-bond acceptors (Lipinski definition) is 4. The van der Waals surface area contributed by atoms with E-state index in [0.717, 1.165) is 53.5 Å². The molecular formula is C19H21BrN2O3. The number of ether oxygens (including phenoxy) is 2. The molecule has 1 aliphatic rings. The van der Waals surface area contributed by atoms with Gasteiger partial charge in [0.15, 0.2) is 6.61 Å². The number of carbonyl (C=O) groups excluding carboxylic acids is 1. The third-order valence-electron chi connectivity index (χ3n) is 4.04. The predicted octanol–water partition coefficient (Wildman–Crippen LogP) is 3.61. The van der Waals surface area contributed by atoms with E-state index in [9.17, 15) is 4.79 Å². The average Bonchev–Trinajstić information content (AvgIpc) is 2.62. The Morgan fingerprint density at radius 2 is 2.00 bits per heavy atom. The number of nitrogens with one attached hydrogen (secondary N) is 1. The maximum absolute atomic E-state index is 12.1. The van der Waals surface area contributed by atoms with Crippen LogP contribution in [0.2, 0.25) is 0 Å². The van der Waals surface area contributed by atoms with Gasteiger partial charge in [0.2, 0.25) is 0 Å². The molecule has 25 heavy (non-hydrogen) atoms. The van der Waals surface area contributed by atoms with Crippen LogP contribution < -0.4 is 15.0 Å². The standard InChI is InChI=1S/C19H21BrN2O3/c1-14-4-2-3-5-18(14)25-13-19(23)21-15-6-7-17(16(20)12-15)22-8-10-24-11-9-22/h2-7,12H,8-11,13H2,1H3,(H,21,23). The smallest absolute Gasteiger partial charge is 0.262 e. The first-order chi connectivity index (χ1) is 12.1. The molecule has 1 saturated heterocycles. The van der Waals surface area contributed by atoms with Crippen LogP contribution in [0.5, 0.6) is 5.75 Å². The molecule has 6 heteroatoms. The Hall–Kier alpha value is -2.05. The summed E-state index contributed by atoms with van der Waals surface area (Å²) in [4.78, 5) is 14.4. The van der Waals surface area contributed by atoms with Gasteiger partial charge in [0, 0.05) is 23.2 Å². The first-order valence-corrected chi connectivity index (χ1v) is 9.03. The molecule has 2 aromatic carbocycles. The third kappa shape index (κ3) is 4.74. The summed E-state index contributed by atoms with van der Waals surface area (Å²) in [5.41, 5.74) is 2.85. The minimum Gasteiger partial charge on any atom is -0.483 e. The molecule has 0 radical (unpaired) electrons. The van der Waals surface area contributed by atoms with Gasteiger partial charge in [-0.05, 0) is 52.7 Å². The van der Waals surface area contributed by atoms with Crippen molar-refractivity contribution >= 4 is 33.2 Å². The Morgan fingerprint density at radius 1 is 1.24 bits per heavy atom. The van der Waals surface area contributed by atoms with E-state index in [1.54, 1.807) is 0 Å². The van der Waals surface area contributed by atoms with E-state index in [0.29, 0.717) is 0 Å². The van der Waals surface area contributed by atoms with Gasteiger partial charge in [-0.15, -0.1) is 0 Å². The van der Waals surface area contributed by atoms with Crippen LogP contribution in [0, 0.1) is 6.92 Å². The minimum atomic E-state index is -0.186. The van der Waals surface area contributed by atoms with Crippen LogP contribution in [0.15, 0.2) is 46.9 Å². The number of nitrogens with zero attached hydrogens (tertiary/aromatic N) is 1. The molecule has 1 amide bonds. The van der Waals surface area contributed by atoms with Crippen molar-refractivity contribution in [1.29, 1.82) is 0 Å². The molecule has 5 nitrogen and oxygen atoms in total. The normalized spacial score (nSPS) is 14.2. The van der Waals surface area contributed by atoms with Crippen molar-refractivity contribution in [2.24, 2.45) is 0 Å². The van der Waals surface area contributed by atoms with E-state index >= 15 is 0 Å². The molecule has 0 aliphatic carbocycles. The zero-order chi connectivity index (χ0) is 17.6. The summed E-state index contributed by atoms with van der Waals surface area (Å²) in [6.45, 7) is 5.15. The number of carbonyl (C=O) groups is 1. The highest BCUT2D eigenvalue weighted by atomic mass is 79.9. The number of rotatable bonds is 5. The minimum absolute atomic E-state index is 0.0202. The molecule has 0 aromatic heterocycles. The molecule has 0 spiro atoms. The van der Waals surface area contributed by atoms with Crippen LogP contribution in [-0.4, -0.2) is 38.8 Å². The summed E-state index contributed by atoms with van der Waals surface area (Å²) >= 11 is 3.59. The molecule has 0 atom stereocenters. The molecule has 132 valence electrons. The number of amides is 1. The summed E-state index contributed by atoms with van der Waals surface area (Å²) < 4.78 is 11.9. The topological polar surface area (TPSA) is 50.8 Å². The molecule has 1 fully saturated rings. The van der Waals surface area contributed by atoms with Gasteiger partial charge in [0.1, 0.15) is 5.75 Å². The molecule has 3 rings (SSSR count). The van der Waals surface area contributed by atoms with Gasteiger partial charge in [0.05, 0.1) is 18.9 Å². The first kappa shape index (κ1) is 17.8. The van der Waals surface area contributed by atoms with Crippen LogP contribution in [0.25, 0.3) is 0 Å². The van der Waals surface area contributed by atoms with E-state index in [1.165, 1.54) is 0 Å². The summed E-state index contributed by atoms with van der Waals surface area (Å²) in [5.74, 6) is 0.538. The monoisotopic (exact) mass is 404 g/mol. The third-order valence-corrected chi connectivity index (χ3v) is 4.67. The lowest BCUT2D eigenvalue weighted by Crippen LogP contribution is -2.36. The van der Waals surface area contributed by atoms with E-state index < -0.39 is 0 Å². The van der Waals surface area contributed by atoms with Gasteiger partial charge in [-0.25, -0.2) is 0 Å². The molecule has 0 unspecified atom stereocenters. The molecule has 1 N–H and O–H groups in total. The van der Waals surface area contributed by atoms with Crippen LogP contribution in [0.4, 0.5) is 11.4 Å². The second kappa shape index (κ2) is 8.36. The lowest BCUT2D eigenvalue weighted by Gasteiger charge is -2.29. The molecule has 1 aliphatic heterocycles. The summed E-state index contributed by atoms with van der Waals surface area (Å²) in [5, 5.41) is 2.87. The van der Waals surface area contributed by atoms with Gasteiger partial charge >= 0.3 is 0 Å². The van der Waals surface area contributed by atoms with Gasteiger partial charge in [-0.2, -0.15) is 0 Å². The maximum atomic E-state index is 12.1. The van der Waals surface area contributed by atoms with Gasteiger partial charge in [-0.3, -0.25) is 4.79 Å². The van der Waals surface area contributed by atoms with E-state index in [2.05, 4.69) is 26.1 Å². The number of aryl methyl sites for hydroxylation is 1. The zero-order valence-corrected chi connectivity index (χ0v) is 15.7. The first-order valence-electron chi connectivity index (χ1n) is 8.24. The molecule has 2 aromatic rings. The molecule has 0 bridgehead atoms. The van der Waals surface area contributed by atoms with E-state index in [1.807, 2.05) is 49.4 Å². The van der Waals surface area contributed by atoms with Crippen molar-refractivity contribution in [2.75, 3.05) is 43.1 Å². The SMILES string of the molecule is Cc1ccccc1OCC(=O)Nc1ccc(N2CCOCC2)c(Br)c1. The van der Waals surface area contributed by atoms with Crippen molar-refractivity contribution in [1.82, 2.24) is 0 Å². The molecular weight excluding hydrogens is 384 g/mol. The summed E-state index contributed by atoms with van der Waals surface area (Å²) in [6, 6.07) is 13.5. The number of benzene rings is 2. The number of para-hydroxylation sites is 1. The van der Waals surface area contributed by atoms with Crippen LogP contribution >= 0.6 is 15.9 Å². The lowest BCUT2D eigenvalue weighted by molar-refractivity contribution is -0.118. The fraction of sp³-hybridized carbons (Fsp3) is 0.316. The Morgan fingerprint density at radius 3 is 2.72 bits per heavy atom. The Labute approximate surface area is 156 Å². The van der Waals surface area contributed by atoms with E-state index in [-0.39, 0.29) is 12.5 Å². The fourth-order valence-corrected chi connectivity index (χ4v) is 3.33. The highest BCUT2D eigenvalue weighted by Gasteiger charge is 2.14. The summed E-state index contributed by atoms with van der Waals surface area (Å²) in [7, 11) is 0. The fourth-order valence-electron chi connectivity index (χ4n) is 2.70. The number of morpholine rings is 1. The highest BCUT2D eigenvalue weighted by molar-refractivity contribution is 9.10. The van der Waals surface area contributed by atoms with Crippen LogP contribution in [0.3, 0.4) is 0 Å². The Balaban J connectivity index is 1.58. The van der Waals surface area contributed by atoms with Crippen molar-refractivity contribution in [3.63, 3.8) is 0 Å². The van der Waals surface area contributed by atoms with E-state index in [4.69, 9.17) is 9.47 Å². The van der Waals surface area contributed by atoms with Gasteiger partial charge in [0.25, 0.3) is 5.91 Å². The lowest BCUT2D eigenvalue weighted by atomic mass is 10.2. The summed E-state index contributed by atoms with van der Waals surface area (Å²) in [6.07, 6.45) is 0. The second-order valence-corrected chi connectivity index (χ2v) is 6.72. The quantitative estimate of drug-likeness (QED) is 0.826. The van der Waals surface area contributed by atoms with Crippen molar-refractivity contribution in [3.8, 4) is 5.75 Å². The number of anilines is 2. The van der Waals surface area contributed by atoms with Crippen molar-refractivity contribution in [3.05, 3.63) is 52.5 Å². The number of halogens is 1. The molecule has 1 heterocycles. The Bertz CT molecular complexity index is 745. The van der Waals surface area contributed by atoms with Crippen molar-refractivity contribution < 1.29 is 14.3 Å². The average molecular weight is 405 g/mol. The molecule has 0 saturated carbocycles. The maximum Gasteiger partial charge on any atom is 0.262 e. The zero-order valence-electron chi connectivity index (χ0n) is 14.1. The van der Waals surface area contributed by atoms with Crippen LogP contribution in [-0.2, 0) is 9.53 Å². The number of hydrogen-bond donors (Lipinski definition) is 1. The van der Waals surface area contributed by atoms with Gasteiger partial charge in [-0.1, -0.05) is 18.2 Å². The largest absolute Gasteiger partial charge is 0.483 e. The predicted molar refractivity (Wildman–Crippen MR) is 102 cm³/mol. The highest BCUT2D eigenvalue weighted by Crippen LogP contribution is 2.29.